The molecule has 0 saturated heterocycles. The van der Waals surface area contributed by atoms with E-state index < -0.39 is 0 Å². The van der Waals surface area contributed by atoms with Crippen LogP contribution in [0.5, 0.6) is 0 Å². The molecule has 1 heterocycles. The van der Waals surface area contributed by atoms with Gasteiger partial charge in [-0.3, -0.25) is 4.99 Å². The first-order valence-corrected chi connectivity index (χ1v) is 5.44. The summed E-state index contributed by atoms with van der Waals surface area (Å²) in [6.07, 6.45) is 8.90. The van der Waals surface area contributed by atoms with Crippen LogP contribution in [0.25, 0.3) is 0 Å². The molecular weight excluding hydrogens is 217 g/mol. The van der Waals surface area contributed by atoms with Gasteiger partial charge in [0.15, 0.2) is 0 Å². The lowest BCUT2D eigenvalue weighted by molar-refractivity contribution is 0.245. The van der Waals surface area contributed by atoms with E-state index >= 15 is 0 Å². The van der Waals surface area contributed by atoms with Crippen LogP contribution in [0.2, 0.25) is 0 Å². The third-order valence-corrected chi connectivity index (χ3v) is 2.52. The molecule has 0 aromatic carbocycles. The van der Waals surface area contributed by atoms with Gasteiger partial charge in [-0.15, -0.1) is 0 Å². The Morgan fingerprint density at radius 1 is 1.47 bits per heavy atom. The molecular formula is C14H14FNO. The van der Waals surface area contributed by atoms with Crippen molar-refractivity contribution in [1.82, 2.24) is 0 Å². The Bertz CT molecular complexity index is 492. The summed E-state index contributed by atoms with van der Waals surface area (Å²) >= 11 is 0. The fraction of sp³-hybridized carbons (Fsp3) is 0.214. The summed E-state index contributed by atoms with van der Waals surface area (Å²) in [7, 11) is 0. The minimum absolute atomic E-state index is 0.269. The lowest BCUT2D eigenvalue weighted by atomic mass is 10.0. The van der Waals surface area contributed by atoms with E-state index in [0.29, 0.717) is 18.8 Å². The molecule has 0 saturated carbocycles. The number of nitrogens with zero attached hydrogens (tertiary/aromatic N) is 1. The zero-order valence-corrected chi connectivity index (χ0v) is 9.74. The Morgan fingerprint density at radius 3 is 3.06 bits per heavy atom. The van der Waals surface area contributed by atoms with Gasteiger partial charge in [-0.05, 0) is 36.3 Å². The summed E-state index contributed by atoms with van der Waals surface area (Å²) in [4.78, 5) is 4.19. The van der Waals surface area contributed by atoms with Crippen molar-refractivity contribution in [3.05, 3.63) is 59.8 Å². The first kappa shape index (κ1) is 11.6. The van der Waals surface area contributed by atoms with Gasteiger partial charge in [-0.25, -0.2) is 4.39 Å². The third kappa shape index (κ3) is 3.03. The zero-order valence-electron chi connectivity index (χ0n) is 9.74. The lowest BCUT2D eigenvalue weighted by Crippen LogP contribution is -1.99. The van der Waals surface area contributed by atoms with Gasteiger partial charge in [0, 0.05) is 18.3 Å². The summed E-state index contributed by atoms with van der Waals surface area (Å²) < 4.78 is 18.7. The molecule has 0 amide bonds. The number of rotatable bonds is 3. The van der Waals surface area contributed by atoms with Gasteiger partial charge in [0.05, 0.1) is 5.76 Å². The Kier molecular flexibility index (Phi) is 3.38. The fourth-order valence-electron chi connectivity index (χ4n) is 1.67. The molecule has 0 N–H and O–H groups in total. The van der Waals surface area contributed by atoms with Crippen LogP contribution in [0.4, 0.5) is 4.39 Å². The number of aliphatic imine (C=N–C) groups is 1. The predicted octanol–water partition coefficient (Wildman–Crippen LogP) is 3.61. The van der Waals surface area contributed by atoms with Crippen LogP contribution in [0.3, 0.4) is 0 Å². The maximum Gasteiger partial charge on any atom is 0.125 e. The second-order valence-corrected chi connectivity index (χ2v) is 4.02. The molecule has 17 heavy (non-hydrogen) atoms. The van der Waals surface area contributed by atoms with Crippen molar-refractivity contribution in [2.24, 2.45) is 4.99 Å². The zero-order chi connectivity index (χ0) is 12.3. The van der Waals surface area contributed by atoms with Crippen molar-refractivity contribution in [2.75, 3.05) is 6.61 Å². The monoisotopic (exact) mass is 231 g/mol. The predicted molar refractivity (Wildman–Crippen MR) is 67.3 cm³/mol. The molecule has 2 nitrogen and oxygen atoms in total. The maximum atomic E-state index is 13.3. The van der Waals surface area contributed by atoms with Gasteiger partial charge in [0.2, 0.25) is 0 Å². The molecule has 88 valence electrons. The van der Waals surface area contributed by atoms with Gasteiger partial charge in [-0.2, -0.15) is 0 Å². The van der Waals surface area contributed by atoms with Crippen molar-refractivity contribution >= 4 is 5.71 Å². The average Bonchev–Trinajstić information content (AvgIpc) is 2.56. The van der Waals surface area contributed by atoms with Gasteiger partial charge >= 0.3 is 0 Å². The van der Waals surface area contributed by atoms with E-state index in [9.17, 15) is 4.39 Å². The summed E-state index contributed by atoms with van der Waals surface area (Å²) in [6, 6.07) is 0. The molecule has 1 aliphatic heterocycles. The normalized spacial score (nSPS) is 18.2. The van der Waals surface area contributed by atoms with Crippen molar-refractivity contribution in [3.63, 3.8) is 0 Å². The summed E-state index contributed by atoms with van der Waals surface area (Å²) in [5.74, 6) is 0.396. The number of hydrogen-bond donors (Lipinski definition) is 0. The van der Waals surface area contributed by atoms with E-state index in [4.69, 9.17) is 4.74 Å². The first-order valence-electron chi connectivity index (χ1n) is 5.44. The Balaban J connectivity index is 2.28. The van der Waals surface area contributed by atoms with Gasteiger partial charge in [0.1, 0.15) is 12.4 Å². The highest BCUT2D eigenvalue weighted by Crippen LogP contribution is 2.22. The van der Waals surface area contributed by atoms with Crippen LogP contribution in [-0.2, 0) is 4.74 Å². The van der Waals surface area contributed by atoms with Crippen molar-refractivity contribution < 1.29 is 9.13 Å². The highest BCUT2D eigenvalue weighted by Gasteiger charge is 2.12. The summed E-state index contributed by atoms with van der Waals surface area (Å²) in [5, 5.41) is 0. The molecule has 2 bridgehead atoms. The Labute approximate surface area is 100 Å². The quantitative estimate of drug-likeness (QED) is 0.680. The van der Waals surface area contributed by atoms with E-state index in [2.05, 4.69) is 11.6 Å². The van der Waals surface area contributed by atoms with Gasteiger partial charge < -0.3 is 4.74 Å². The van der Waals surface area contributed by atoms with Crippen LogP contribution >= 0.6 is 0 Å². The average molecular weight is 231 g/mol. The van der Waals surface area contributed by atoms with Gasteiger partial charge in [-0.1, -0.05) is 12.7 Å². The highest BCUT2D eigenvalue weighted by atomic mass is 19.1. The molecule has 0 aromatic heterocycles. The van der Waals surface area contributed by atoms with Crippen molar-refractivity contribution in [3.8, 4) is 0 Å². The summed E-state index contributed by atoms with van der Waals surface area (Å²) in [6.45, 7) is 5.93. The van der Waals surface area contributed by atoms with Crippen LogP contribution in [0, 0.1) is 0 Å². The van der Waals surface area contributed by atoms with Crippen LogP contribution < -0.4 is 0 Å². The smallest absolute Gasteiger partial charge is 0.125 e. The summed E-state index contributed by atoms with van der Waals surface area (Å²) in [5.41, 5.74) is 2.76. The number of hydrogen-bond acceptors (Lipinski definition) is 2. The molecule has 0 unspecified atom stereocenters. The second kappa shape index (κ2) is 4.95. The van der Waals surface area contributed by atoms with Crippen LogP contribution in [-0.4, -0.2) is 12.3 Å². The third-order valence-electron chi connectivity index (χ3n) is 2.52. The fourth-order valence-corrected chi connectivity index (χ4v) is 1.67. The minimum Gasteiger partial charge on any atom is -0.494 e. The Morgan fingerprint density at radius 2 is 2.29 bits per heavy atom. The molecule has 0 aromatic rings. The first-order chi connectivity index (χ1) is 8.15. The van der Waals surface area contributed by atoms with Crippen LogP contribution in [0.15, 0.2) is 64.8 Å². The number of allylic oxidation sites excluding steroid dienone is 6. The van der Waals surface area contributed by atoms with E-state index in [-0.39, 0.29) is 5.83 Å². The second-order valence-electron chi connectivity index (χ2n) is 4.02. The number of fused-ring (bicyclic) bond motifs is 2. The molecule has 0 fully saturated rings. The molecule has 0 atom stereocenters. The van der Waals surface area contributed by atoms with E-state index in [1.165, 1.54) is 12.2 Å². The van der Waals surface area contributed by atoms with E-state index in [1.54, 1.807) is 19.2 Å². The SMILES string of the molecule is C=C(C)OCC1=C2C=CC(F)=CC(=NC=C1)C2. The molecule has 0 radical (unpaired) electrons. The number of ether oxygens (including phenoxy) is 1. The topological polar surface area (TPSA) is 21.6 Å². The van der Waals surface area contributed by atoms with E-state index in [0.717, 1.165) is 16.9 Å². The molecule has 1 aliphatic carbocycles. The largest absolute Gasteiger partial charge is 0.494 e. The molecule has 3 heteroatoms. The molecule has 2 rings (SSSR count). The van der Waals surface area contributed by atoms with Crippen molar-refractivity contribution in [1.29, 1.82) is 0 Å². The Hall–Kier alpha value is -1.90. The molecule has 2 aliphatic rings. The lowest BCUT2D eigenvalue weighted by Gasteiger charge is -2.09. The van der Waals surface area contributed by atoms with Gasteiger partial charge in [0.25, 0.3) is 0 Å². The number of halogens is 1. The van der Waals surface area contributed by atoms with Crippen LogP contribution in [0.1, 0.15) is 13.3 Å². The van der Waals surface area contributed by atoms with Crippen molar-refractivity contribution in [2.45, 2.75) is 13.3 Å². The maximum absolute atomic E-state index is 13.3. The van der Waals surface area contributed by atoms with E-state index in [1.807, 2.05) is 6.08 Å². The highest BCUT2D eigenvalue weighted by molar-refractivity contribution is 5.99. The molecule has 0 spiro atoms. The minimum atomic E-state index is -0.269. The standard InChI is InChI=1S/C14H14FNO/c1-10(2)17-9-12-5-6-16-14-7-11(12)3-4-13(15)8-14/h3-6,8H,1,7,9H2,2H3.